The third-order valence-corrected chi connectivity index (χ3v) is 6.30. The van der Waals surface area contributed by atoms with Crippen LogP contribution in [0.3, 0.4) is 0 Å². The quantitative estimate of drug-likeness (QED) is 0.746. The highest BCUT2D eigenvalue weighted by Gasteiger charge is 2.44. The van der Waals surface area contributed by atoms with E-state index in [1.165, 1.54) is 12.0 Å². The van der Waals surface area contributed by atoms with E-state index in [9.17, 15) is 9.59 Å². The molecule has 1 amide bonds. The number of nitrogens with one attached hydrogen (secondary N) is 1. The second-order valence-electron chi connectivity index (χ2n) is 8.08. The number of carbonyl (C=O) groups excluding carboxylic acids is 1. The first-order valence-corrected chi connectivity index (χ1v) is 10.4. The molecule has 0 aliphatic carbocycles. The van der Waals surface area contributed by atoms with Gasteiger partial charge in [0.25, 0.3) is 5.56 Å². The number of pyridine rings is 1. The highest BCUT2D eigenvalue weighted by atomic mass is 16.2. The second kappa shape index (κ2) is 7.48. The maximum Gasteiger partial charge on any atom is 0.251 e. The van der Waals surface area contributed by atoms with Crippen LogP contribution in [0, 0.1) is 0 Å². The number of aromatic nitrogens is 1. The van der Waals surface area contributed by atoms with E-state index >= 15 is 0 Å². The molecular weight excluding hydrogens is 362 g/mol. The molecule has 0 radical (unpaired) electrons. The maximum absolute atomic E-state index is 13.2. The summed E-state index contributed by atoms with van der Waals surface area (Å²) >= 11 is 0. The average molecular weight is 387 g/mol. The third kappa shape index (κ3) is 3.36. The first kappa shape index (κ1) is 18.1. The molecule has 2 atom stereocenters. The molecule has 3 aromatic rings. The summed E-state index contributed by atoms with van der Waals surface area (Å²) in [5.74, 6) is 0.126. The van der Waals surface area contributed by atoms with Crippen LogP contribution >= 0.6 is 0 Å². The van der Waals surface area contributed by atoms with Crippen molar-refractivity contribution < 1.29 is 4.79 Å². The van der Waals surface area contributed by atoms with Gasteiger partial charge in [0.2, 0.25) is 5.91 Å². The molecule has 5 heteroatoms. The minimum atomic E-state index is -0.0989. The van der Waals surface area contributed by atoms with Crippen molar-refractivity contribution in [3.63, 3.8) is 0 Å². The number of H-pyrrole nitrogens is 1. The van der Waals surface area contributed by atoms with Gasteiger partial charge in [-0.05, 0) is 42.3 Å². The number of nitrogens with zero attached hydrogens (tertiary/aromatic N) is 2. The zero-order valence-corrected chi connectivity index (χ0v) is 16.4. The summed E-state index contributed by atoms with van der Waals surface area (Å²) in [5.41, 5.74) is 2.58. The summed E-state index contributed by atoms with van der Waals surface area (Å²) < 4.78 is 0. The van der Waals surface area contributed by atoms with Crippen LogP contribution in [-0.4, -0.2) is 39.8 Å². The molecule has 5 nitrogen and oxygen atoms in total. The van der Waals surface area contributed by atoms with Crippen LogP contribution in [0.5, 0.6) is 0 Å². The fraction of sp³-hybridized carbons (Fsp3) is 0.333. The van der Waals surface area contributed by atoms with Crippen LogP contribution in [0.1, 0.15) is 36.6 Å². The minimum Gasteiger partial charge on any atom is -0.322 e. The van der Waals surface area contributed by atoms with Gasteiger partial charge in [-0.2, -0.15) is 0 Å². The standard InChI is InChI=1S/C24H25N3O2/c28-22(13-12-19-15-18-9-4-5-11-21(18)25-23(19)29)27-16-20-10-6-14-26(20)24(27)17-7-2-1-3-8-17/h1-5,7-9,11,15,20,24H,6,10,12-14,16H2,(H,25,29). The predicted molar refractivity (Wildman–Crippen MR) is 114 cm³/mol. The Morgan fingerprint density at radius 3 is 2.72 bits per heavy atom. The number of fused-ring (bicyclic) bond motifs is 2. The number of benzene rings is 2. The third-order valence-electron chi connectivity index (χ3n) is 6.30. The maximum atomic E-state index is 13.2. The van der Waals surface area contributed by atoms with E-state index in [-0.39, 0.29) is 17.6 Å². The number of carbonyl (C=O) groups is 1. The monoisotopic (exact) mass is 387 g/mol. The zero-order chi connectivity index (χ0) is 19.8. The highest BCUT2D eigenvalue weighted by molar-refractivity contribution is 5.80. The van der Waals surface area contributed by atoms with Crippen molar-refractivity contribution in [1.29, 1.82) is 0 Å². The average Bonchev–Trinajstić information content (AvgIpc) is 3.34. The molecule has 2 fully saturated rings. The van der Waals surface area contributed by atoms with Crippen molar-refractivity contribution in [3.8, 4) is 0 Å². The molecule has 2 saturated heterocycles. The van der Waals surface area contributed by atoms with Crippen molar-refractivity contribution >= 4 is 16.8 Å². The van der Waals surface area contributed by atoms with Gasteiger partial charge in [-0.25, -0.2) is 0 Å². The fourth-order valence-electron chi connectivity index (χ4n) is 4.88. The van der Waals surface area contributed by atoms with Gasteiger partial charge in [0, 0.05) is 36.6 Å². The summed E-state index contributed by atoms with van der Waals surface area (Å²) in [7, 11) is 0. The summed E-state index contributed by atoms with van der Waals surface area (Å²) in [6, 6.07) is 20.4. The molecule has 1 aromatic heterocycles. The Hall–Kier alpha value is -2.92. The van der Waals surface area contributed by atoms with E-state index in [0.29, 0.717) is 24.4 Å². The Kier molecular flexibility index (Phi) is 4.68. The summed E-state index contributed by atoms with van der Waals surface area (Å²) in [5, 5.41) is 0.999. The highest BCUT2D eigenvalue weighted by Crippen LogP contribution is 2.39. The molecule has 0 saturated carbocycles. The lowest BCUT2D eigenvalue weighted by Gasteiger charge is -2.30. The van der Waals surface area contributed by atoms with Crippen LogP contribution in [0.15, 0.2) is 65.5 Å². The van der Waals surface area contributed by atoms with E-state index in [4.69, 9.17) is 0 Å². The molecule has 2 unspecified atom stereocenters. The molecule has 1 N–H and O–H groups in total. The Bertz CT molecular complexity index is 1090. The van der Waals surface area contributed by atoms with Gasteiger partial charge in [0.05, 0.1) is 0 Å². The van der Waals surface area contributed by atoms with Gasteiger partial charge in [0.15, 0.2) is 0 Å². The van der Waals surface area contributed by atoms with Crippen molar-refractivity contribution in [3.05, 3.63) is 82.1 Å². The van der Waals surface area contributed by atoms with Crippen molar-refractivity contribution in [2.45, 2.75) is 37.9 Å². The Balaban J connectivity index is 1.36. The zero-order valence-electron chi connectivity index (χ0n) is 16.4. The summed E-state index contributed by atoms with van der Waals surface area (Å²) in [6.07, 6.45) is 3.18. The molecule has 2 aliphatic heterocycles. The van der Waals surface area contributed by atoms with Gasteiger partial charge in [-0.1, -0.05) is 48.5 Å². The fourth-order valence-corrected chi connectivity index (χ4v) is 4.88. The molecule has 5 rings (SSSR count). The summed E-state index contributed by atoms with van der Waals surface area (Å²) in [6.45, 7) is 1.82. The van der Waals surface area contributed by atoms with E-state index in [1.54, 1.807) is 0 Å². The molecule has 0 bridgehead atoms. The molecular formula is C24H25N3O2. The molecule has 2 aromatic carbocycles. The van der Waals surface area contributed by atoms with Crippen LogP contribution < -0.4 is 5.56 Å². The Morgan fingerprint density at radius 2 is 1.86 bits per heavy atom. The minimum absolute atomic E-state index is 0.0195. The number of para-hydroxylation sites is 1. The largest absolute Gasteiger partial charge is 0.322 e. The van der Waals surface area contributed by atoms with Crippen LogP contribution in [0.2, 0.25) is 0 Å². The SMILES string of the molecule is O=C(CCc1cc2ccccc2[nH]c1=O)N1CC2CCCN2C1c1ccccc1. The van der Waals surface area contributed by atoms with Crippen molar-refractivity contribution in [2.24, 2.45) is 0 Å². The van der Waals surface area contributed by atoms with E-state index in [1.807, 2.05) is 53.4 Å². The molecule has 148 valence electrons. The molecule has 0 spiro atoms. The van der Waals surface area contributed by atoms with Crippen LogP contribution in [0.25, 0.3) is 10.9 Å². The molecule has 3 heterocycles. The van der Waals surface area contributed by atoms with Gasteiger partial charge in [-0.15, -0.1) is 0 Å². The van der Waals surface area contributed by atoms with E-state index < -0.39 is 0 Å². The van der Waals surface area contributed by atoms with Crippen LogP contribution in [0.4, 0.5) is 0 Å². The van der Waals surface area contributed by atoms with Gasteiger partial charge in [-0.3, -0.25) is 14.5 Å². The normalized spacial score (nSPS) is 21.6. The number of amides is 1. The van der Waals surface area contributed by atoms with Crippen molar-refractivity contribution in [1.82, 2.24) is 14.8 Å². The van der Waals surface area contributed by atoms with E-state index in [0.717, 1.165) is 30.4 Å². The number of aromatic amines is 1. The van der Waals surface area contributed by atoms with Gasteiger partial charge >= 0.3 is 0 Å². The molecule has 29 heavy (non-hydrogen) atoms. The number of hydrogen-bond acceptors (Lipinski definition) is 3. The lowest BCUT2D eigenvalue weighted by atomic mass is 10.1. The van der Waals surface area contributed by atoms with Gasteiger partial charge < -0.3 is 9.88 Å². The predicted octanol–water partition coefficient (Wildman–Crippen LogP) is 3.47. The van der Waals surface area contributed by atoms with Crippen LogP contribution in [-0.2, 0) is 11.2 Å². The van der Waals surface area contributed by atoms with E-state index in [2.05, 4.69) is 22.0 Å². The Labute approximate surface area is 170 Å². The lowest BCUT2D eigenvalue weighted by Crippen LogP contribution is -2.35. The lowest BCUT2D eigenvalue weighted by molar-refractivity contribution is -0.133. The number of hydrogen-bond donors (Lipinski definition) is 1. The second-order valence-corrected chi connectivity index (χ2v) is 8.08. The first-order valence-electron chi connectivity index (χ1n) is 10.4. The number of aryl methyl sites for hydroxylation is 1. The smallest absolute Gasteiger partial charge is 0.251 e. The number of rotatable bonds is 4. The summed E-state index contributed by atoms with van der Waals surface area (Å²) in [4.78, 5) is 33.0. The van der Waals surface area contributed by atoms with Crippen molar-refractivity contribution in [2.75, 3.05) is 13.1 Å². The molecule has 2 aliphatic rings. The first-order chi connectivity index (χ1) is 14.2. The van der Waals surface area contributed by atoms with Gasteiger partial charge in [0.1, 0.15) is 6.17 Å². The Morgan fingerprint density at radius 1 is 1.07 bits per heavy atom. The topological polar surface area (TPSA) is 56.4 Å².